The lowest BCUT2D eigenvalue weighted by Gasteiger charge is -2.32. The molecule has 2 heterocycles. The van der Waals surface area contributed by atoms with Crippen molar-refractivity contribution in [2.75, 3.05) is 24.5 Å². The second-order valence-electron chi connectivity index (χ2n) is 6.49. The van der Waals surface area contributed by atoms with Gasteiger partial charge in [-0.3, -0.25) is 0 Å². The maximum Gasteiger partial charge on any atom is 0.147 e. The smallest absolute Gasteiger partial charge is 0.147 e. The minimum atomic E-state index is 0.590. The third-order valence-electron chi connectivity index (χ3n) is 4.55. The average Bonchev–Trinajstić information content (AvgIpc) is 3.30. The summed E-state index contributed by atoms with van der Waals surface area (Å²) in [6, 6.07) is 4.97. The molecule has 3 rings (SSSR count). The Labute approximate surface area is 127 Å². The van der Waals surface area contributed by atoms with Crippen molar-refractivity contribution >= 4 is 5.82 Å². The summed E-state index contributed by atoms with van der Waals surface area (Å²) in [7, 11) is 0. The van der Waals surface area contributed by atoms with Crippen LogP contribution < -0.4 is 10.2 Å². The van der Waals surface area contributed by atoms with E-state index >= 15 is 0 Å². The van der Waals surface area contributed by atoms with Gasteiger partial charge in [-0.05, 0) is 70.2 Å². The molecule has 0 radical (unpaired) electrons. The van der Waals surface area contributed by atoms with Gasteiger partial charge in [0.1, 0.15) is 11.9 Å². The van der Waals surface area contributed by atoms with Crippen LogP contribution in [0.2, 0.25) is 0 Å². The first-order valence-corrected chi connectivity index (χ1v) is 8.04. The number of hydrogen-bond donors (Lipinski definition) is 1. The van der Waals surface area contributed by atoms with E-state index in [-0.39, 0.29) is 0 Å². The molecule has 1 saturated carbocycles. The van der Waals surface area contributed by atoms with Crippen LogP contribution in [0.4, 0.5) is 5.82 Å². The predicted molar refractivity (Wildman–Crippen MR) is 84.4 cm³/mol. The summed E-state index contributed by atoms with van der Waals surface area (Å²) in [5, 5.41) is 13.0. The summed E-state index contributed by atoms with van der Waals surface area (Å²) in [6.07, 6.45) is 5.01. The number of aryl methyl sites for hydroxylation is 2. The SMILES string of the molecule is Cc1cc(C)c(C#N)c(N(CC2CCCNC2)C2CC2)n1. The molecule has 0 aromatic carbocycles. The highest BCUT2D eigenvalue weighted by Crippen LogP contribution is 2.34. The molecule has 2 fully saturated rings. The van der Waals surface area contributed by atoms with Crippen molar-refractivity contribution in [2.24, 2.45) is 5.92 Å². The van der Waals surface area contributed by atoms with E-state index in [0.29, 0.717) is 12.0 Å². The van der Waals surface area contributed by atoms with Crippen molar-refractivity contribution < 1.29 is 0 Å². The molecule has 21 heavy (non-hydrogen) atoms. The van der Waals surface area contributed by atoms with E-state index in [4.69, 9.17) is 4.98 Å². The fourth-order valence-electron chi connectivity index (χ4n) is 3.32. The van der Waals surface area contributed by atoms with Gasteiger partial charge in [0.25, 0.3) is 0 Å². The Balaban J connectivity index is 1.88. The van der Waals surface area contributed by atoms with E-state index in [2.05, 4.69) is 16.3 Å². The van der Waals surface area contributed by atoms with Crippen molar-refractivity contribution in [3.63, 3.8) is 0 Å². The zero-order valence-electron chi connectivity index (χ0n) is 13.0. The van der Waals surface area contributed by atoms with Gasteiger partial charge in [-0.1, -0.05) is 0 Å². The summed E-state index contributed by atoms with van der Waals surface area (Å²) < 4.78 is 0. The molecule has 1 aliphatic heterocycles. The van der Waals surface area contributed by atoms with E-state index in [1.165, 1.54) is 25.7 Å². The Morgan fingerprint density at radius 3 is 2.81 bits per heavy atom. The molecule has 1 aromatic rings. The van der Waals surface area contributed by atoms with Crippen molar-refractivity contribution in [3.8, 4) is 6.07 Å². The molecule has 2 aliphatic rings. The molecular weight excluding hydrogens is 260 g/mol. The van der Waals surface area contributed by atoms with Gasteiger partial charge in [-0.15, -0.1) is 0 Å². The summed E-state index contributed by atoms with van der Waals surface area (Å²) in [5.41, 5.74) is 2.82. The van der Waals surface area contributed by atoms with Crippen LogP contribution in [-0.4, -0.2) is 30.7 Å². The lowest BCUT2D eigenvalue weighted by Crippen LogP contribution is -2.40. The van der Waals surface area contributed by atoms with Crippen LogP contribution in [0.3, 0.4) is 0 Å². The minimum absolute atomic E-state index is 0.590. The van der Waals surface area contributed by atoms with Crippen LogP contribution in [0.1, 0.15) is 42.5 Å². The average molecular weight is 284 g/mol. The Morgan fingerprint density at radius 2 is 2.19 bits per heavy atom. The molecule has 1 N–H and O–H groups in total. The highest BCUT2D eigenvalue weighted by Gasteiger charge is 2.33. The zero-order chi connectivity index (χ0) is 14.8. The second-order valence-corrected chi connectivity index (χ2v) is 6.49. The number of nitrogens with one attached hydrogen (secondary N) is 1. The van der Waals surface area contributed by atoms with E-state index in [1.807, 2.05) is 19.9 Å². The monoisotopic (exact) mass is 284 g/mol. The summed E-state index contributed by atoms with van der Waals surface area (Å²) in [5.74, 6) is 1.59. The topological polar surface area (TPSA) is 52.0 Å². The largest absolute Gasteiger partial charge is 0.352 e. The van der Waals surface area contributed by atoms with Crippen molar-refractivity contribution in [1.29, 1.82) is 5.26 Å². The van der Waals surface area contributed by atoms with E-state index in [9.17, 15) is 5.26 Å². The molecule has 112 valence electrons. The van der Waals surface area contributed by atoms with Gasteiger partial charge < -0.3 is 10.2 Å². The molecule has 1 unspecified atom stereocenters. The van der Waals surface area contributed by atoms with Crippen molar-refractivity contribution in [1.82, 2.24) is 10.3 Å². The van der Waals surface area contributed by atoms with Crippen LogP contribution in [0.5, 0.6) is 0 Å². The molecule has 4 nitrogen and oxygen atoms in total. The molecule has 1 aliphatic carbocycles. The van der Waals surface area contributed by atoms with Crippen LogP contribution in [0, 0.1) is 31.1 Å². The zero-order valence-corrected chi connectivity index (χ0v) is 13.0. The number of hydrogen-bond acceptors (Lipinski definition) is 4. The van der Waals surface area contributed by atoms with Gasteiger partial charge in [0.2, 0.25) is 0 Å². The van der Waals surface area contributed by atoms with Gasteiger partial charge >= 0.3 is 0 Å². The third kappa shape index (κ3) is 3.19. The van der Waals surface area contributed by atoms with Crippen LogP contribution in [-0.2, 0) is 0 Å². The van der Waals surface area contributed by atoms with E-state index in [1.54, 1.807) is 0 Å². The molecule has 1 aromatic heterocycles. The van der Waals surface area contributed by atoms with Crippen LogP contribution in [0.25, 0.3) is 0 Å². The van der Waals surface area contributed by atoms with E-state index in [0.717, 1.165) is 42.3 Å². The number of piperidine rings is 1. The van der Waals surface area contributed by atoms with Gasteiger partial charge in [0, 0.05) is 18.3 Å². The van der Waals surface area contributed by atoms with Gasteiger partial charge in [0.05, 0.1) is 5.56 Å². The lowest BCUT2D eigenvalue weighted by atomic mass is 9.98. The summed E-state index contributed by atoms with van der Waals surface area (Å²) >= 11 is 0. The van der Waals surface area contributed by atoms with Crippen molar-refractivity contribution in [2.45, 2.75) is 45.6 Å². The molecule has 0 amide bonds. The Morgan fingerprint density at radius 1 is 1.38 bits per heavy atom. The lowest BCUT2D eigenvalue weighted by molar-refractivity contribution is 0.375. The van der Waals surface area contributed by atoms with E-state index < -0.39 is 0 Å². The van der Waals surface area contributed by atoms with Gasteiger partial charge in [0.15, 0.2) is 0 Å². The molecule has 0 bridgehead atoms. The van der Waals surface area contributed by atoms with Gasteiger partial charge in [-0.25, -0.2) is 4.98 Å². The number of nitrogens with zero attached hydrogens (tertiary/aromatic N) is 3. The van der Waals surface area contributed by atoms with Crippen LogP contribution in [0.15, 0.2) is 6.07 Å². The summed E-state index contributed by atoms with van der Waals surface area (Å²) in [4.78, 5) is 7.13. The molecule has 1 saturated heterocycles. The highest BCUT2D eigenvalue weighted by atomic mass is 15.2. The number of anilines is 1. The first-order chi connectivity index (χ1) is 10.2. The number of nitriles is 1. The first kappa shape index (κ1) is 14.3. The van der Waals surface area contributed by atoms with Crippen molar-refractivity contribution in [3.05, 3.63) is 22.9 Å². The Hall–Kier alpha value is -1.60. The highest BCUT2D eigenvalue weighted by molar-refractivity contribution is 5.59. The predicted octanol–water partition coefficient (Wildman–Crippen LogP) is 2.54. The molecule has 4 heteroatoms. The maximum atomic E-state index is 9.52. The Bertz CT molecular complexity index is 551. The number of pyridine rings is 1. The number of rotatable bonds is 4. The summed E-state index contributed by atoms with van der Waals surface area (Å²) in [6.45, 7) is 7.30. The second kappa shape index (κ2) is 6.03. The normalized spacial score (nSPS) is 21.9. The number of aromatic nitrogens is 1. The molecular formula is C17H24N4. The standard InChI is InChI=1S/C17H24N4/c1-12-8-13(2)20-17(16(12)9-18)21(15-5-6-15)11-14-4-3-7-19-10-14/h8,14-15,19H,3-7,10-11H2,1-2H3. The fourth-order valence-corrected chi connectivity index (χ4v) is 3.32. The molecule has 0 spiro atoms. The van der Waals surface area contributed by atoms with Crippen LogP contribution >= 0.6 is 0 Å². The molecule has 1 atom stereocenters. The quantitative estimate of drug-likeness (QED) is 0.923. The third-order valence-corrected chi connectivity index (χ3v) is 4.55. The fraction of sp³-hybridized carbons (Fsp3) is 0.647. The first-order valence-electron chi connectivity index (χ1n) is 8.04. The maximum absolute atomic E-state index is 9.52. The van der Waals surface area contributed by atoms with Gasteiger partial charge in [-0.2, -0.15) is 5.26 Å². The Kier molecular flexibility index (Phi) is 4.12. The minimum Gasteiger partial charge on any atom is -0.352 e.